The van der Waals surface area contributed by atoms with E-state index in [1.54, 1.807) is 0 Å². The lowest BCUT2D eigenvalue weighted by Gasteiger charge is -2.18. The molecule has 1 unspecified atom stereocenters. The molecule has 0 rings (SSSR count). The van der Waals surface area contributed by atoms with Gasteiger partial charge in [0.1, 0.15) is 13.2 Å². The van der Waals surface area contributed by atoms with Crippen LogP contribution < -0.4 is 0 Å². The molecule has 0 amide bonds. The molecule has 0 heterocycles. The molecule has 0 bridgehead atoms. The minimum atomic E-state index is -0.834. The first-order valence-corrected chi connectivity index (χ1v) is 30.8. The number of rotatable bonds is 53. The van der Waals surface area contributed by atoms with Crippen LogP contribution >= 0.6 is 0 Å². The van der Waals surface area contributed by atoms with Crippen molar-refractivity contribution in [1.82, 2.24) is 0 Å². The van der Waals surface area contributed by atoms with Gasteiger partial charge in [-0.1, -0.05) is 267 Å². The Labute approximate surface area is 478 Å². The molecule has 0 saturated carbocycles. The van der Waals surface area contributed by atoms with Gasteiger partial charge in [-0.25, -0.2) is 0 Å². The lowest BCUT2D eigenvalue weighted by atomic mass is 10.1. The minimum absolute atomic E-state index is 0.122. The predicted octanol–water partition coefficient (Wildman–Crippen LogP) is 21.3. The predicted molar refractivity (Wildman–Crippen MR) is 338 cm³/mol. The fourth-order valence-corrected chi connectivity index (χ4v) is 7.64. The molecular formula is C72H110O6. The summed E-state index contributed by atoms with van der Waals surface area (Å²) < 4.78 is 16.7. The van der Waals surface area contributed by atoms with Crippen LogP contribution in [0, 0.1) is 0 Å². The highest BCUT2D eigenvalue weighted by Gasteiger charge is 2.19. The Kier molecular flexibility index (Phi) is 59.5. The fourth-order valence-electron chi connectivity index (χ4n) is 7.64. The van der Waals surface area contributed by atoms with E-state index in [4.69, 9.17) is 14.2 Å². The molecule has 0 aliphatic rings. The van der Waals surface area contributed by atoms with Crippen LogP contribution in [-0.2, 0) is 28.6 Å². The van der Waals surface area contributed by atoms with Gasteiger partial charge in [-0.05, 0) is 128 Å². The second-order valence-corrected chi connectivity index (χ2v) is 19.5. The molecule has 0 radical (unpaired) electrons. The van der Waals surface area contributed by atoms with E-state index < -0.39 is 12.1 Å². The number of hydrogen-bond acceptors (Lipinski definition) is 6. The van der Waals surface area contributed by atoms with E-state index in [2.05, 4.69) is 191 Å². The zero-order chi connectivity index (χ0) is 56.4. The average Bonchev–Trinajstić information content (AvgIpc) is 3.44. The molecule has 0 aromatic carbocycles. The van der Waals surface area contributed by atoms with Crippen LogP contribution in [0.2, 0.25) is 0 Å². The first-order valence-electron chi connectivity index (χ1n) is 30.8. The Balaban J connectivity index is 4.34. The Morgan fingerprint density at radius 1 is 0.269 bits per heavy atom. The van der Waals surface area contributed by atoms with Crippen molar-refractivity contribution in [1.29, 1.82) is 0 Å². The highest BCUT2D eigenvalue weighted by Crippen LogP contribution is 2.12. The minimum Gasteiger partial charge on any atom is -0.462 e. The number of hydrogen-bond donors (Lipinski definition) is 0. The van der Waals surface area contributed by atoms with Gasteiger partial charge in [-0.3, -0.25) is 14.4 Å². The molecule has 0 N–H and O–H groups in total. The second-order valence-electron chi connectivity index (χ2n) is 19.5. The van der Waals surface area contributed by atoms with E-state index in [9.17, 15) is 14.4 Å². The molecular weight excluding hydrogens is 961 g/mol. The number of carbonyl (C=O) groups excluding carboxylic acids is 3. The molecule has 434 valence electrons. The number of carbonyl (C=O) groups is 3. The summed E-state index contributed by atoms with van der Waals surface area (Å²) in [6, 6.07) is 0. The number of esters is 3. The third-order valence-electron chi connectivity index (χ3n) is 12.2. The molecule has 6 nitrogen and oxygen atoms in total. The Morgan fingerprint density at radius 3 is 0.833 bits per heavy atom. The molecule has 0 aliphatic heterocycles. The summed E-state index contributed by atoms with van der Waals surface area (Å²) in [5.74, 6) is -1.04. The van der Waals surface area contributed by atoms with Crippen LogP contribution in [0.15, 0.2) is 182 Å². The summed E-state index contributed by atoms with van der Waals surface area (Å²) in [6.45, 7) is 6.28. The first kappa shape index (κ1) is 72.5. The highest BCUT2D eigenvalue weighted by molar-refractivity contribution is 5.71. The average molecular weight is 1070 g/mol. The Hall–Kier alpha value is -5.49. The monoisotopic (exact) mass is 1070 g/mol. The molecule has 1 atom stereocenters. The standard InChI is InChI=1S/C72H110O6/c1-4-7-10-13-16-19-21-23-25-27-29-30-31-32-33-34-35-36-37-38-39-40-41-42-44-45-47-49-51-53-56-59-62-65-71(74)77-68-69(67-76-70(73)64-61-58-55-18-15-12-9-6-3)78-72(75)66-63-60-57-54-52-50-48-46-43-28-26-24-22-20-17-14-11-8-5-2/h7-8,10-11,16-17,19-20,23-26,29-30,32-33,35-36,38-39,41-43,45-47,50,52,57,60,69H,4-6,9,12-15,18,21-22,27-28,31,34,37,40,44,48-49,51,53-56,58-59,61-68H2,1-3H3/b10-7-,11-8-,19-16-,20-17-,25-23-,26-24-,30-29-,33-32-,36-35-,39-38-,42-41-,46-43-,47-45-,52-50-,60-57-. The molecule has 0 spiro atoms. The van der Waals surface area contributed by atoms with Gasteiger partial charge in [0.15, 0.2) is 6.10 Å². The van der Waals surface area contributed by atoms with Crippen molar-refractivity contribution in [3.63, 3.8) is 0 Å². The van der Waals surface area contributed by atoms with Crippen LogP contribution in [0.4, 0.5) is 0 Å². The number of unbranched alkanes of at least 4 members (excludes halogenated alkanes) is 12. The zero-order valence-corrected chi connectivity index (χ0v) is 49.6. The van der Waals surface area contributed by atoms with E-state index in [0.717, 1.165) is 154 Å². The maximum absolute atomic E-state index is 12.8. The van der Waals surface area contributed by atoms with Crippen molar-refractivity contribution in [3.8, 4) is 0 Å². The SMILES string of the molecule is CC/C=C\C/C=C\C/C=C\C/C=C\C/C=C\C/C=C\C/C=C\C/C=C\C/C=C\CCCCCCCC(=O)OCC(COC(=O)CCCCCCCCCC)OC(=O)CC/C=C\C/C=C\C/C=C\C/C=C\C/C=C\C/C=C\CC. The highest BCUT2D eigenvalue weighted by atomic mass is 16.6. The third kappa shape index (κ3) is 61.4. The molecule has 0 aliphatic carbocycles. The maximum Gasteiger partial charge on any atom is 0.306 e. The van der Waals surface area contributed by atoms with Crippen molar-refractivity contribution in [2.24, 2.45) is 0 Å². The van der Waals surface area contributed by atoms with Crippen LogP contribution in [0.25, 0.3) is 0 Å². The van der Waals surface area contributed by atoms with Gasteiger partial charge < -0.3 is 14.2 Å². The van der Waals surface area contributed by atoms with Gasteiger partial charge in [-0.2, -0.15) is 0 Å². The summed E-state index contributed by atoms with van der Waals surface area (Å²) in [4.78, 5) is 38.0. The largest absolute Gasteiger partial charge is 0.462 e. The topological polar surface area (TPSA) is 78.9 Å². The lowest BCUT2D eigenvalue weighted by Crippen LogP contribution is -2.30. The van der Waals surface area contributed by atoms with E-state index in [1.165, 1.54) is 32.1 Å². The molecule has 6 heteroatoms. The van der Waals surface area contributed by atoms with Gasteiger partial charge in [-0.15, -0.1) is 0 Å². The first-order chi connectivity index (χ1) is 38.5. The summed E-state index contributed by atoms with van der Waals surface area (Å²) in [5.41, 5.74) is 0. The molecule has 78 heavy (non-hydrogen) atoms. The van der Waals surface area contributed by atoms with Gasteiger partial charge in [0, 0.05) is 19.3 Å². The quantitative estimate of drug-likeness (QED) is 0.0261. The van der Waals surface area contributed by atoms with Crippen molar-refractivity contribution < 1.29 is 28.6 Å². The smallest absolute Gasteiger partial charge is 0.306 e. The fraction of sp³-hybridized carbons (Fsp3) is 0.542. The molecule has 0 aromatic rings. The van der Waals surface area contributed by atoms with Gasteiger partial charge in [0.2, 0.25) is 0 Å². The van der Waals surface area contributed by atoms with E-state index in [0.29, 0.717) is 19.3 Å². The van der Waals surface area contributed by atoms with Crippen LogP contribution in [0.1, 0.15) is 233 Å². The molecule has 0 aromatic heterocycles. The Bertz CT molecular complexity index is 1850. The van der Waals surface area contributed by atoms with Crippen molar-refractivity contribution in [3.05, 3.63) is 182 Å². The third-order valence-corrected chi connectivity index (χ3v) is 12.2. The van der Waals surface area contributed by atoms with Crippen LogP contribution in [-0.4, -0.2) is 37.2 Å². The van der Waals surface area contributed by atoms with Gasteiger partial charge in [0.05, 0.1) is 0 Å². The summed E-state index contributed by atoms with van der Waals surface area (Å²) in [5, 5.41) is 0. The normalized spacial score (nSPS) is 13.4. The molecule has 0 saturated heterocycles. The summed E-state index contributed by atoms with van der Waals surface area (Å²) in [6.07, 6.45) is 96.4. The summed E-state index contributed by atoms with van der Waals surface area (Å²) in [7, 11) is 0. The van der Waals surface area contributed by atoms with Crippen LogP contribution in [0.3, 0.4) is 0 Å². The maximum atomic E-state index is 12.8. The van der Waals surface area contributed by atoms with Crippen molar-refractivity contribution >= 4 is 17.9 Å². The van der Waals surface area contributed by atoms with Crippen molar-refractivity contribution in [2.75, 3.05) is 13.2 Å². The Morgan fingerprint density at radius 2 is 0.526 bits per heavy atom. The zero-order valence-electron chi connectivity index (χ0n) is 49.6. The number of ether oxygens (including phenoxy) is 3. The van der Waals surface area contributed by atoms with Gasteiger partial charge >= 0.3 is 17.9 Å². The van der Waals surface area contributed by atoms with E-state index >= 15 is 0 Å². The number of allylic oxidation sites excluding steroid dienone is 30. The van der Waals surface area contributed by atoms with E-state index in [-0.39, 0.29) is 31.6 Å². The van der Waals surface area contributed by atoms with Gasteiger partial charge in [0.25, 0.3) is 0 Å². The second kappa shape index (κ2) is 64.0. The van der Waals surface area contributed by atoms with E-state index in [1.807, 2.05) is 12.2 Å². The van der Waals surface area contributed by atoms with Crippen LogP contribution in [0.5, 0.6) is 0 Å². The lowest BCUT2D eigenvalue weighted by molar-refractivity contribution is -0.166. The molecule has 0 fully saturated rings. The van der Waals surface area contributed by atoms with Crippen molar-refractivity contribution in [2.45, 2.75) is 239 Å². The summed E-state index contributed by atoms with van der Waals surface area (Å²) >= 11 is 0.